The van der Waals surface area contributed by atoms with Crippen molar-refractivity contribution in [1.82, 2.24) is 10.2 Å². The first-order chi connectivity index (χ1) is 10.9. The zero-order chi connectivity index (χ0) is 17.0. The number of nitro groups is 1. The number of rotatable bonds is 4. The number of benzene rings is 1. The lowest BCUT2D eigenvalue weighted by molar-refractivity contribution is -0.385. The Balaban J connectivity index is 2.09. The van der Waals surface area contributed by atoms with E-state index in [2.05, 4.69) is 5.32 Å². The van der Waals surface area contributed by atoms with Crippen LogP contribution in [0.5, 0.6) is 0 Å². The van der Waals surface area contributed by atoms with Crippen LogP contribution in [-0.4, -0.2) is 41.7 Å². The molecule has 1 aliphatic heterocycles. The van der Waals surface area contributed by atoms with Crippen molar-refractivity contribution in [3.63, 3.8) is 0 Å². The number of hydrogen-bond donors (Lipinski definition) is 1. The molecule has 1 aromatic rings. The van der Waals surface area contributed by atoms with Gasteiger partial charge in [0.15, 0.2) is 0 Å². The van der Waals surface area contributed by atoms with Gasteiger partial charge >= 0.3 is 6.03 Å². The van der Waals surface area contributed by atoms with Gasteiger partial charge in [-0.05, 0) is 25.8 Å². The fourth-order valence-electron chi connectivity index (χ4n) is 2.70. The maximum atomic E-state index is 12.5. The molecule has 0 aliphatic carbocycles. The molecule has 1 saturated heterocycles. The van der Waals surface area contributed by atoms with Crippen molar-refractivity contribution in [2.45, 2.75) is 39.3 Å². The second-order valence-electron chi connectivity index (χ2n) is 5.80. The van der Waals surface area contributed by atoms with Crippen molar-refractivity contribution >= 4 is 11.7 Å². The maximum Gasteiger partial charge on any atom is 0.318 e. The van der Waals surface area contributed by atoms with Crippen molar-refractivity contribution in [2.24, 2.45) is 0 Å². The Morgan fingerprint density at radius 1 is 1.57 bits per heavy atom. The second-order valence-corrected chi connectivity index (χ2v) is 5.80. The Hall–Kier alpha value is -2.15. The summed E-state index contributed by atoms with van der Waals surface area (Å²) in [7, 11) is 0. The molecule has 0 unspecified atom stereocenters. The Morgan fingerprint density at radius 3 is 2.96 bits per heavy atom. The summed E-state index contributed by atoms with van der Waals surface area (Å²) in [4.78, 5) is 24.9. The van der Waals surface area contributed by atoms with E-state index in [0.717, 1.165) is 12.0 Å². The third-order valence-corrected chi connectivity index (χ3v) is 4.23. The first kappa shape index (κ1) is 17.2. The molecule has 7 nitrogen and oxygen atoms in total. The van der Waals surface area contributed by atoms with Crippen LogP contribution in [0.4, 0.5) is 10.5 Å². The quantitative estimate of drug-likeness (QED) is 0.682. The molecule has 1 heterocycles. The molecule has 0 bridgehead atoms. The first-order valence-corrected chi connectivity index (χ1v) is 7.83. The normalized spacial score (nSPS) is 19.3. The molecule has 1 aliphatic rings. The molecular weight excluding hydrogens is 298 g/mol. The summed E-state index contributed by atoms with van der Waals surface area (Å²) in [6.45, 7) is 7.19. The van der Waals surface area contributed by atoms with Crippen molar-refractivity contribution in [2.75, 3.05) is 19.8 Å². The van der Waals surface area contributed by atoms with E-state index in [-0.39, 0.29) is 23.8 Å². The largest absolute Gasteiger partial charge is 0.377 e. The fourth-order valence-corrected chi connectivity index (χ4v) is 2.70. The van der Waals surface area contributed by atoms with E-state index in [0.29, 0.717) is 25.3 Å². The Kier molecular flexibility index (Phi) is 5.54. The lowest BCUT2D eigenvalue weighted by Crippen LogP contribution is -2.52. The molecule has 0 radical (unpaired) electrons. The number of carbonyl (C=O) groups is 1. The summed E-state index contributed by atoms with van der Waals surface area (Å²) in [5.41, 5.74) is 1.40. The molecule has 2 rings (SSSR count). The number of carbonyl (C=O) groups excluding carboxylic acids is 1. The number of nitro benzene ring substituents is 1. The monoisotopic (exact) mass is 321 g/mol. The van der Waals surface area contributed by atoms with Crippen LogP contribution in [0.15, 0.2) is 18.2 Å². The molecule has 7 heteroatoms. The predicted molar refractivity (Wildman–Crippen MR) is 86.4 cm³/mol. The molecule has 0 spiro atoms. The van der Waals surface area contributed by atoms with Crippen LogP contribution in [0.1, 0.15) is 37.4 Å². The van der Waals surface area contributed by atoms with Gasteiger partial charge in [-0.15, -0.1) is 0 Å². The topological polar surface area (TPSA) is 84.7 Å². The number of aryl methyl sites for hydroxylation is 1. The summed E-state index contributed by atoms with van der Waals surface area (Å²) in [6.07, 6.45) is 0.831. The fraction of sp³-hybridized carbons (Fsp3) is 0.562. The van der Waals surface area contributed by atoms with Gasteiger partial charge in [-0.25, -0.2) is 4.79 Å². The van der Waals surface area contributed by atoms with E-state index < -0.39 is 4.92 Å². The van der Waals surface area contributed by atoms with Gasteiger partial charge in [0.05, 0.1) is 30.2 Å². The van der Waals surface area contributed by atoms with E-state index in [1.54, 1.807) is 17.9 Å². The van der Waals surface area contributed by atoms with Crippen LogP contribution in [-0.2, 0) is 4.74 Å². The van der Waals surface area contributed by atoms with Crippen molar-refractivity contribution in [3.8, 4) is 0 Å². The molecule has 0 aromatic heterocycles. The van der Waals surface area contributed by atoms with E-state index in [1.807, 2.05) is 19.9 Å². The molecule has 1 aromatic carbocycles. The molecule has 126 valence electrons. The Bertz CT molecular complexity index is 591. The molecule has 2 amide bonds. The van der Waals surface area contributed by atoms with Gasteiger partial charge in [0, 0.05) is 18.2 Å². The highest BCUT2D eigenvalue weighted by atomic mass is 16.6. The first-order valence-electron chi connectivity index (χ1n) is 7.83. The second kappa shape index (κ2) is 7.41. The lowest BCUT2D eigenvalue weighted by atomic mass is 10.0. The molecule has 23 heavy (non-hydrogen) atoms. The molecular formula is C16H23N3O4. The van der Waals surface area contributed by atoms with Crippen molar-refractivity contribution in [3.05, 3.63) is 39.4 Å². The zero-order valence-electron chi connectivity index (χ0n) is 13.7. The number of morpholine rings is 1. The zero-order valence-corrected chi connectivity index (χ0v) is 13.7. The minimum atomic E-state index is -0.400. The summed E-state index contributed by atoms with van der Waals surface area (Å²) < 4.78 is 5.40. The third kappa shape index (κ3) is 3.98. The van der Waals surface area contributed by atoms with Crippen LogP contribution in [0.2, 0.25) is 0 Å². The van der Waals surface area contributed by atoms with Crippen LogP contribution in [0.3, 0.4) is 0 Å². The summed E-state index contributed by atoms with van der Waals surface area (Å²) >= 11 is 0. The number of amides is 2. The van der Waals surface area contributed by atoms with Gasteiger partial charge in [0.2, 0.25) is 0 Å². The number of ether oxygens (including phenoxy) is 1. The molecule has 0 saturated carbocycles. The Morgan fingerprint density at radius 2 is 2.30 bits per heavy atom. The summed E-state index contributed by atoms with van der Waals surface area (Å²) in [5, 5.41) is 14.0. The van der Waals surface area contributed by atoms with Gasteiger partial charge in [0.1, 0.15) is 0 Å². The minimum Gasteiger partial charge on any atom is -0.377 e. The van der Waals surface area contributed by atoms with Crippen LogP contribution in [0.25, 0.3) is 0 Å². The van der Waals surface area contributed by atoms with Gasteiger partial charge < -0.3 is 15.0 Å². The number of nitrogens with zero attached hydrogens (tertiary/aromatic N) is 2. The van der Waals surface area contributed by atoms with Gasteiger partial charge in [-0.1, -0.05) is 19.1 Å². The van der Waals surface area contributed by atoms with E-state index in [1.165, 1.54) is 6.07 Å². The van der Waals surface area contributed by atoms with Crippen LogP contribution < -0.4 is 5.32 Å². The summed E-state index contributed by atoms with van der Waals surface area (Å²) in [6, 6.07) is 4.65. The molecule has 2 atom stereocenters. The van der Waals surface area contributed by atoms with Crippen LogP contribution >= 0.6 is 0 Å². The highest BCUT2D eigenvalue weighted by Crippen LogP contribution is 2.23. The van der Waals surface area contributed by atoms with Gasteiger partial charge in [0.25, 0.3) is 5.69 Å². The SMILES string of the molecule is CC[C@H]1COCCN1C(=O)N[C@H](C)c1ccc(C)c([N+](=O)[O-])c1. The van der Waals surface area contributed by atoms with Gasteiger partial charge in [-0.3, -0.25) is 10.1 Å². The highest BCUT2D eigenvalue weighted by Gasteiger charge is 2.27. The average Bonchev–Trinajstić information content (AvgIpc) is 2.54. The van der Waals surface area contributed by atoms with E-state index in [4.69, 9.17) is 4.74 Å². The lowest BCUT2D eigenvalue weighted by Gasteiger charge is -2.35. The number of hydrogen-bond acceptors (Lipinski definition) is 4. The van der Waals surface area contributed by atoms with Crippen molar-refractivity contribution < 1.29 is 14.5 Å². The smallest absolute Gasteiger partial charge is 0.318 e. The third-order valence-electron chi connectivity index (χ3n) is 4.23. The molecule has 1 fully saturated rings. The predicted octanol–water partition coefficient (Wildman–Crippen LogP) is 2.78. The van der Waals surface area contributed by atoms with Crippen LogP contribution in [0, 0.1) is 17.0 Å². The standard InChI is InChI=1S/C16H23N3O4/c1-4-14-10-23-8-7-18(14)16(20)17-12(3)13-6-5-11(2)15(9-13)19(21)22/h5-6,9,12,14H,4,7-8,10H2,1-3H3,(H,17,20)/t12-,14+/m1/s1. The van der Waals surface area contributed by atoms with Crippen molar-refractivity contribution in [1.29, 1.82) is 0 Å². The Labute approximate surface area is 135 Å². The van der Waals surface area contributed by atoms with E-state index >= 15 is 0 Å². The number of nitrogens with one attached hydrogen (secondary N) is 1. The summed E-state index contributed by atoms with van der Waals surface area (Å²) in [5.74, 6) is 0. The minimum absolute atomic E-state index is 0.0707. The number of urea groups is 1. The van der Waals surface area contributed by atoms with E-state index in [9.17, 15) is 14.9 Å². The maximum absolute atomic E-state index is 12.5. The molecule has 1 N–H and O–H groups in total. The average molecular weight is 321 g/mol. The highest BCUT2D eigenvalue weighted by molar-refractivity contribution is 5.75. The van der Waals surface area contributed by atoms with Gasteiger partial charge in [-0.2, -0.15) is 0 Å².